The van der Waals surface area contributed by atoms with Crippen LogP contribution in [0, 0.1) is 5.82 Å². The third-order valence-electron chi connectivity index (χ3n) is 3.12. The van der Waals surface area contributed by atoms with Gasteiger partial charge in [0.05, 0.1) is 0 Å². The molecule has 2 aromatic carbocycles. The number of hydrogen-bond acceptors (Lipinski definition) is 2. The number of nitrogens with zero attached hydrogens (tertiary/aromatic N) is 1. The van der Waals surface area contributed by atoms with Crippen molar-refractivity contribution in [2.45, 2.75) is 13.3 Å². The summed E-state index contributed by atoms with van der Waals surface area (Å²) in [6.07, 6.45) is 0.881. The Kier molecular flexibility index (Phi) is 4.53. The lowest BCUT2D eigenvalue weighted by Gasteiger charge is -2.23. The van der Waals surface area contributed by atoms with Crippen LogP contribution in [0.15, 0.2) is 48.5 Å². The zero-order chi connectivity index (χ0) is 13.7. The minimum atomic E-state index is -0.212. The van der Waals surface area contributed by atoms with Gasteiger partial charge in [-0.2, -0.15) is 0 Å². The molecule has 2 aromatic rings. The number of hydrogen-bond donors (Lipinski definition) is 1. The fraction of sp³-hybridized carbons (Fsp3) is 0.250. The predicted octanol–water partition coefficient (Wildman–Crippen LogP) is 3.48. The molecule has 0 aliphatic heterocycles. The van der Waals surface area contributed by atoms with E-state index >= 15 is 0 Å². The molecule has 0 heterocycles. The zero-order valence-electron chi connectivity index (χ0n) is 11.1. The maximum atomic E-state index is 13.3. The number of rotatable bonds is 5. The Balaban J connectivity index is 2.26. The van der Waals surface area contributed by atoms with Crippen molar-refractivity contribution < 1.29 is 4.39 Å². The van der Waals surface area contributed by atoms with E-state index in [1.807, 2.05) is 6.07 Å². The molecule has 0 amide bonds. The standard InChI is InChI=1S/C16H19FN2/c1-2-19(16-5-3-4-14(17)12-16)15-8-6-13(7-9-15)10-11-18/h3-9,12H,2,10-11,18H2,1H3. The summed E-state index contributed by atoms with van der Waals surface area (Å²) in [4.78, 5) is 2.08. The Morgan fingerprint density at radius 2 is 1.79 bits per heavy atom. The van der Waals surface area contributed by atoms with Crippen molar-refractivity contribution in [1.29, 1.82) is 0 Å². The topological polar surface area (TPSA) is 29.3 Å². The second-order valence-electron chi connectivity index (χ2n) is 4.43. The third kappa shape index (κ3) is 3.32. The van der Waals surface area contributed by atoms with Crippen LogP contribution in [0.4, 0.5) is 15.8 Å². The number of benzene rings is 2. The van der Waals surface area contributed by atoms with Gasteiger partial charge in [0.1, 0.15) is 5.82 Å². The summed E-state index contributed by atoms with van der Waals surface area (Å²) in [5.74, 6) is -0.212. The van der Waals surface area contributed by atoms with Gasteiger partial charge >= 0.3 is 0 Å². The first-order valence-corrected chi connectivity index (χ1v) is 6.56. The van der Waals surface area contributed by atoms with Gasteiger partial charge in [0.25, 0.3) is 0 Å². The predicted molar refractivity (Wildman–Crippen MR) is 78.3 cm³/mol. The van der Waals surface area contributed by atoms with E-state index in [0.717, 1.165) is 24.3 Å². The first kappa shape index (κ1) is 13.6. The smallest absolute Gasteiger partial charge is 0.125 e. The average Bonchev–Trinajstić information content (AvgIpc) is 2.42. The molecule has 19 heavy (non-hydrogen) atoms. The van der Waals surface area contributed by atoms with E-state index in [0.29, 0.717) is 6.54 Å². The van der Waals surface area contributed by atoms with Crippen molar-refractivity contribution in [3.63, 3.8) is 0 Å². The average molecular weight is 258 g/mol. The first-order valence-electron chi connectivity index (χ1n) is 6.56. The number of nitrogens with two attached hydrogens (primary N) is 1. The van der Waals surface area contributed by atoms with Crippen molar-refractivity contribution in [2.24, 2.45) is 5.73 Å². The molecule has 0 unspecified atom stereocenters. The van der Waals surface area contributed by atoms with Crippen LogP contribution in [0.1, 0.15) is 12.5 Å². The maximum absolute atomic E-state index is 13.3. The molecule has 0 bridgehead atoms. The van der Waals surface area contributed by atoms with E-state index in [-0.39, 0.29) is 5.82 Å². The Morgan fingerprint density at radius 1 is 1.05 bits per heavy atom. The van der Waals surface area contributed by atoms with Gasteiger partial charge in [-0.1, -0.05) is 18.2 Å². The molecule has 0 fully saturated rings. The maximum Gasteiger partial charge on any atom is 0.125 e. The summed E-state index contributed by atoms with van der Waals surface area (Å²) in [5, 5.41) is 0. The van der Waals surface area contributed by atoms with Crippen molar-refractivity contribution in [1.82, 2.24) is 0 Å². The van der Waals surface area contributed by atoms with Gasteiger partial charge < -0.3 is 10.6 Å². The molecule has 0 aliphatic rings. The fourth-order valence-electron chi connectivity index (χ4n) is 2.17. The van der Waals surface area contributed by atoms with E-state index in [2.05, 4.69) is 36.1 Å². The van der Waals surface area contributed by atoms with Crippen LogP contribution in [-0.4, -0.2) is 13.1 Å². The third-order valence-corrected chi connectivity index (χ3v) is 3.12. The largest absolute Gasteiger partial charge is 0.342 e. The van der Waals surface area contributed by atoms with Gasteiger partial charge in [0.2, 0.25) is 0 Å². The molecular weight excluding hydrogens is 239 g/mol. The van der Waals surface area contributed by atoms with Crippen LogP contribution in [0.2, 0.25) is 0 Å². The summed E-state index contributed by atoms with van der Waals surface area (Å²) in [7, 11) is 0. The highest BCUT2D eigenvalue weighted by atomic mass is 19.1. The minimum absolute atomic E-state index is 0.212. The lowest BCUT2D eigenvalue weighted by atomic mass is 10.1. The molecule has 0 atom stereocenters. The molecular formula is C16H19FN2. The van der Waals surface area contributed by atoms with E-state index in [1.165, 1.54) is 11.6 Å². The Morgan fingerprint density at radius 3 is 2.37 bits per heavy atom. The van der Waals surface area contributed by atoms with Gasteiger partial charge in [-0.3, -0.25) is 0 Å². The van der Waals surface area contributed by atoms with Gasteiger partial charge in [-0.15, -0.1) is 0 Å². The molecule has 2 N–H and O–H groups in total. The van der Waals surface area contributed by atoms with E-state index in [4.69, 9.17) is 5.73 Å². The molecule has 0 radical (unpaired) electrons. The van der Waals surface area contributed by atoms with Crippen molar-refractivity contribution in [2.75, 3.05) is 18.0 Å². The minimum Gasteiger partial charge on any atom is -0.342 e. The summed E-state index contributed by atoms with van der Waals surface area (Å²) >= 11 is 0. The number of anilines is 2. The van der Waals surface area contributed by atoms with Gasteiger partial charge in [-0.25, -0.2) is 4.39 Å². The molecule has 0 saturated carbocycles. The molecule has 3 heteroatoms. The van der Waals surface area contributed by atoms with Gasteiger partial charge in [0.15, 0.2) is 0 Å². The first-order chi connectivity index (χ1) is 9.24. The lowest BCUT2D eigenvalue weighted by Crippen LogP contribution is -2.16. The summed E-state index contributed by atoms with van der Waals surface area (Å²) in [5.41, 5.74) is 8.70. The highest BCUT2D eigenvalue weighted by Crippen LogP contribution is 2.25. The normalized spacial score (nSPS) is 10.5. The summed E-state index contributed by atoms with van der Waals surface area (Å²) < 4.78 is 13.3. The monoisotopic (exact) mass is 258 g/mol. The molecule has 0 saturated heterocycles. The van der Waals surface area contributed by atoms with E-state index in [1.54, 1.807) is 12.1 Å². The van der Waals surface area contributed by atoms with Crippen molar-refractivity contribution in [3.8, 4) is 0 Å². The van der Waals surface area contributed by atoms with Gasteiger partial charge in [-0.05, 0) is 55.8 Å². The second-order valence-corrected chi connectivity index (χ2v) is 4.43. The summed E-state index contributed by atoms with van der Waals surface area (Å²) in [6.45, 7) is 3.50. The zero-order valence-corrected chi connectivity index (χ0v) is 11.1. The van der Waals surface area contributed by atoms with Crippen LogP contribution in [0.25, 0.3) is 0 Å². The fourth-order valence-corrected chi connectivity index (χ4v) is 2.17. The molecule has 2 nitrogen and oxygen atoms in total. The molecule has 0 spiro atoms. The van der Waals surface area contributed by atoms with Crippen LogP contribution in [-0.2, 0) is 6.42 Å². The molecule has 0 aliphatic carbocycles. The Labute approximate surface area is 113 Å². The molecule has 0 aromatic heterocycles. The van der Waals surface area contributed by atoms with Crippen LogP contribution in [0.5, 0.6) is 0 Å². The highest BCUT2D eigenvalue weighted by Gasteiger charge is 2.07. The quantitative estimate of drug-likeness (QED) is 0.889. The lowest BCUT2D eigenvalue weighted by molar-refractivity contribution is 0.627. The van der Waals surface area contributed by atoms with Crippen LogP contribution in [0.3, 0.4) is 0 Å². The SMILES string of the molecule is CCN(c1ccc(CCN)cc1)c1cccc(F)c1. The highest BCUT2D eigenvalue weighted by molar-refractivity contribution is 5.63. The van der Waals surface area contributed by atoms with Crippen molar-refractivity contribution in [3.05, 3.63) is 59.9 Å². The van der Waals surface area contributed by atoms with Crippen molar-refractivity contribution >= 4 is 11.4 Å². The van der Waals surface area contributed by atoms with E-state index in [9.17, 15) is 4.39 Å². The Bertz CT molecular complexity index is 523. The van der Waals surface area contributed by atoms with Gasteiger partial charge in [0, 0.05) is 17.9 Å². The van der Waals surface area contributed by atoms with Crippen LogP contribution >= 0.6 is 0 Å². The van der Waals surface area contributed by atoms with E-state index < -0.39 is 0 Å². The molecule has 100 valence electrons. The molecule has 2 rings (SSSR count). The summed E-state index contributed by atoms with van der Waals surface area (Å²) in [6, 6.07) is 14.9. The number of halogens is 1. The van der Waals surface area contributed by atoms with Crippen LogP contribution < -0.4 is 10.6 Å². The second kappa shape index (κ2) is 6.34. The Hall–Kier alpha value is -1.87.